The molecule has 0 aromatic heterocycles. The van der Waals surface area contributed by atoms with Gasteiger partial charge in [-0.3, -0.25) is 0 Å². The zero-order chi connectivity index (χ0) is 13.4. The Morgan fingerprint density at radius 3 is 2.78 bits per heavy atom. The van der Waals surface area contributed by atoms with E-state index in [0.29, 0.717) is 0 Å². The van der Waals surface area contributed by atoms with Gasteiger partial charge in [-0.05, 0) is 36.1 Å². The summed E-state index contributed by atoms with van der Waals surface area (Å²) in [7, 11) is 0. The van der Waals surface area contributed by atoms with E-state index in [2.05, 4.69) is 10.0 Å². The number of hydrogen-bond acceptors (Lipinski definition) is 3. The summed E-state index contributed by atoms with van der Waals surface area (Å²) in [6, 6.07) is 7.62. The summed E-state index contributed by atoms with van der Waals surface area (Å²) in [4.78, 5) is 14.2. The van der Waals surface area contributed by atoms with Crippen molar-refractivity contribution in [2.75, 3.05) is 6.61 Å². The first kappa shape index (κ1) is 13.8. The number of carbonyl (C=O) groups is 1. The first-order valence-electron chi connectivity index (χ1n) is 5.74. The summed E-state index contributed by atoms with van der Waals surface area (Å²) in [6.07, 6.45) is 2.38. The van der Waals surface area contributed by atoms with Gasteiger partial charge in [0.2, 0.25) is 0 Å². The molecule has 0 aliphatic heterocycles. The molecule has 94 valence electrons. The molecule has 1 rings (SSSR count). The summed E-state index contributed by atoms with van der Waals surface area (Å²) in [5.74, 6) is -0.610. The molecule has 0 saturated carbocycles. The molecule has 0 amide bonds. The van der Waals surface area contributed by atoms with E-state index in [1.54, 1.807) is 13.0 Å². The molecular formula is C13H15N3O2. The predicted molar refractivity (Wildman–Crippen MR) is 69.6 cm³/mol. The molecule has 1 aromatic carbocycles. The number of azide groups is 1. The number of carbonyl (C=O) groups excluding carboxylic acids is 1. The Bertz CT molecular complexity index is 503. The normalized spacial score (nSPS) is 10.7. The fourth-order valence-corrected chi connectivity index (χ4v) is 1.53. The number of esters is 1. The Balaban J connectivity index is 3.15. The van der Waals surface area contributed by atoms with E-state index in [9.17, 15) is 4.79 Å². The fraction of sp³-hybridized carbons (Fsp3) is 0.308. The Morgan fingerprint density at radius 1 is 1.44 bits per heavy atom. The van der Waals surface area contributed by atoms with Crippen LogP contribution in [-0.2, 0) is 16.0 Å². The summed E-state index contributed by atoms with van der Waals surface area (Å²) in [5, 5.41) is 3.38. The number of benzene rings is 1. The summed E-state index contributed by atoms with van der Waals surface area (Å²) in [5.41, 5.74) is 10.4. The van der Waals surface area contributed by atoms with E-state index in [1.807, 2.05) is 31.2 Å². The molecule has 0 atom stereocenters. The highest BCUT2D eigenvalue weighted by Gasteiger charge is 2.09. The summed E-state index contributed by atoms with van der Waals surface area (Å²) < 4.78 is 4.83. The standard InChI is InChI=1S/C13H15N3O2/c1-3-10-7-5-6-8-11(10)9-12(15-16-14)13(17)18-4-2/h5-9H,3-4H2,1-2H3/b12-9-. The first-order chi connectivity index (χ1) is 8.72. The van der Waals surface area contributed by atoms with Gasteiger partial charge in [0.05, 0.1) is 6.61 Å². The van der Waals surface area contributed by atoms with Crippen LogP contribution in [0.5, 0.6) is 0 Å². The summed E-state index contributed by atoms with van der Waals surface area (Å²) in [6.45, 7) is 3.96. The predicted octanol–water partition coefficient (Wildman–Crippen LogP) is 3.46. The second-order valence-corrected chi connectivity index (χ2v) is 3.49. The SMILES string of the molecule is CCOC(=O)/C(=C/c1ccccc1CC)N=[N+]=[N-]. The molecule has 0 bridgehead atoms. The molecule has 0 aliphatic rings. The third-order valence-electron chi connectivity index (χ3n) is 2.37. The highest BCUT2D eigenvalue weighted by molar-refractivity contribution is 5.93. The minimum absolute atomic E-state index is 0.0275. The maximum absolute atomic E-state index is 11.6. The molecule has 0 saturated heterocycles. The van der Waals surface area contributed by atoms with Crippen molar-refractivity contribution in [1.29, 1.82) is 0 Å². The van der Waals surface area contributed by atoms with Crippen molar-refractivity contribution >= 4 is 12.0 Å². The highest BCUT2D eigenvalue weighted by atomic mass is 16.5. The Morgan fingerprint density at radius 2 is 2.17 bits per heavy atom. The molecule has 5 nitrogen and oxygen atoms in total. The topological polar surface area (TPSA) is 75.1 Å². The van der Waals surface area contributed by atoms with Gasteiger partial charge < -0.3 is 4.74 Å². The minimum atomic E-state index is -0.610. The number of rotatable bonds is 5. The maximum Gasteiger partial charge on any atom is 0.340 e. The fourth-order valence-electron chi connectivity index (χ4n) is 1.53. The van der Waals surface area contributed by atoms with Crippen LogP contribution >= 0.6 is 0 Å². The monoisotopic (exact) mass is 245 g/mol. The van der Waals surface area contributed by atoms with Gasteiger partial charge in [-0.15, -0.1) is 0 Å². The van der Waals surface area contributed by atoms with Crippen LogP contribution in [0.1, 0.15) is 25.0 Å². The van der Waals surface area contributed by atoms with Crippen LogP contribution in [0.4, 0.5) is 0 Å². The molecule has 0 unspecified atom stereocenters. The van der Waals surface area contributed by atoms with E-state index >= 15 is 0 Å². The van der Waals surface area contributed by atoms with Crippen molar-refractivity contribution in [3.05, 3.63) is 51.5 Å². The lowest BCUT2D eigenvalue weighted by Crippen LogP contribution is -2.05. The van der Waals surface area contributed by atoms with Crippen molar-refractivity contribution in [2.45, 2.75) is 20.3 Å². The average Bonchev–Trinajstić information content (AvgIpc) is 2.39. The molecule has 0 radical (unpaired) electrons. The van der Waals surface area contributed by atoms with Crippen molar-refractivity contribution in [1.82, 2.24) is 0 Å². The molecular weight excluding hydrogens is 230 g/mol. The smallest absolute Gasteiger partial charge is 0.340 e. The Hall–Kier alpha value is -2.26. The van der Waals surface area contributed by atoms with Crippen LogP contribution < -0.4 is 0 Å². The molecule has 0 spiro atoms. The van der Waals surface area contributed by atoms with Crippen molar-refractivity contribution in [2.24, 2.45) is 5.11 Å². The van der Waals surface area contributed by atoms with Crippen LogP contribution in [0.25, 0.3) is 16.5 Å². The van der Waals surface area contributed by atoms with Crippen LogP contribution in [0, 0.1) is 0 Å². The van der Waals surface area contributed by atoms with E-state index in [1.165, 1.54) is 0 Å². The van der Waals surface area contributed by atoms with Crippen LogP contribution in [0.3, 0.4) is 0 Å². The van der Waals surface area contributed by atoms with Crippen LogP contribution in [-0.4, -0.2) is 12.6 Å². The van der Waals surface area contributed by atoms with Gasteiger partial charge in [0.1, 0.15) is 5.70 Å². The van der Waals surface area contributed by atoms with Crippen LogP contribution in [0.2, 0.25) is 0 Å². The lowest BCUT2D eigenvalue weighted by Gasteiger charge is -2.05. The maximum atomic E-state index is 11.6. The van der Waals surface area contributed by atoms with Gasteiger partial charge >= 0.3 is 5.97 Å². The van der Waals surface area contributed by atoms with Crippen molar-refractivity contribution in [3.8, 4) is 0 Å². The average molecular weight is 245 g/mol. The largest absolute Gasteiger partial charge is 0.462 e. The zero-order valence-electron chi connectivity index (χ0n) is 10.5. The van der Waals surface area contributed by atoms with Gasteiger partial charge in [-0.25, -0.2) is 4.79 Å². The van der Waals surface area contributed by atoms with E-state index in [4.69, 9.17) is 10.3 Å². The molecule has 0 fully saturated rings. The second-order valence-electron chi connectivity index (χ2n) is 3.49. The number of hydrogen-bond donors (Lipinski definition) is 0. The molecule has 1 aromatic rings. The summed E-state index contributed by atoms with van der Waals surface area (Å²) >= 11 is 0. The molecule has 18 heavy (non-hydrogen) atoms. The molecule has 0 heterocycles. The lowest BCUT2D eigenvalue weighted by molar-refractivity contribution is -0.138. The second kappa shape index (κ2) is 7.14. The molecule has 0 aliphatic carbocycles. The molecule has 0 N–H and O–H groups in total. The third-order valence-corrected chi connectivity index (χ3v) is 2.37. The number of ether oxygens (including phenoxy) is 1. The quantitative estimate of drug-likeness (QED) is 0.262. The van der Waals surface area contributed by atoms with Gasteiger partial charge in [0.15, 0.2) is 0 Å². The Labute approximate surface area is 106 Å². The van der Waals surface area contributed by atoms with Gasteiger partial charge in [0.25, 0.3) is 0 Å². The zero-order valence-corrected chi connectivity index (χ0v) is 10.5. The highest BCUT2D eigenvalue weighted by Crippen LogP contribution is 2.15. The van der Waals surface area contributed by atoms with Crippen molar-refractivity contribution < 1.29 is 9.53 Å². The lowest BCUT2D eigenvalue weighted by atomic mass is 10.0. The Kier molecular flexibility index (Phi) is 5.48. The third kappa shape index (κ3) is 3.64. The number of aryl methyl sites for hydroxylation is 1. The van der Waals surface area contributed by atoms with E-state index < -0.39 is 5.97 Å². The van der Waals surface area contributed by atoms with Crippen molar-refractivity contribution in [3.63, 3.8) is 0 Å². The minimum Gasteiger partial charge on any atom is -0.462 e. The van der Waals surface area contributed by atoms with Gasteiger partial charge in [-0.1, -0.05) is 36.3 Å². The van der Waals surface area contributed by atoms with E-state index in [-0.39, 0.29) is 12.3 Å². The van der Waals surface area contributed by atoms with Crippen LogP contribution in [0.15, 0.2) is 35.1 Å². The van der Waals surface area contributed by atoms with Gasteiger partial charge in [-0.2, -0.15) is 0 Å². The van der Waals surface area contributed by atoms with Gasteiger partial charge in [0, 0.05) is 4.91 Å². The molecule has 5 heteroatoms. The van der Waals surface area contributed by atoms with E-state index in [0.717, 1.165) is 17.5 Å². The number of nitrogens with zero attached hydrogens (tertiary/aromatic N) is 3. The first-order valence-corrected chi connectivity index (χ1v) is 5.74.